The Kier molecular flexibility index (Phi) is 38.6. The van der Waals surface area contributed by atoms with Crippen LogP contribution in [0.1, 0.15) is 107 Å². The van der Waals surface area contributed by atoms with Gasteiger partial charge in [-0.3, -0.25) is 0 Å². The number of carbonyl (C=O) groups excluding carboxylic acids is 2. The molecule has 0 atom stereocenters. The van der Waals surface area contributed by atoms with Crippen molar-refractivity contribution >= 4 is 71.5 Å². The quantitative estimate of drug-likeness (QED) is 0.261. The monoisotopic (exact) mass is 846 g/mol. The molecule has 0 aromatic rings. The summed E-state index contributed by atoms with van der Waals surface area (Å²) in [5, 5.41) is 3.28. The molecule has 0 spiro atoms. The molecular formula is C25H54I3N2O2V. The molecule has 2 aliphatic heterocycles. The van der Waals surface area contributed by atoms with Crippen LogP contribution in [0.2, 0.25) is 0 Å². The maximum absolute atomic E-state index is 10.9. The number of piperidine rings is 2. The average Bonchev–Trinajstić information content (AvgIpc) is 2.70. The third-order valence-electron chi connectivity index (χ3n) is 5.36. The van der Waals surface area contributed by atoms with Crippen molar-refractivity contribution < 1.29 is 14.5 Å². The summed E-state index contributed by atoms with van der Waals surface area (Å²) in [6.45, 7) is 15.8. The van der Waals surface area contributed by atoms with Crippen molar-refractivity contribution in [2.75, 3.05) is 32.7 Å². The molecule has 2 rings (SSSR count). The fourth-order valence-electron chi connectivity index (χ4n) is 3.63. The number of nitrogens with one attached hydrogen (secondary N) is 1. The number of ketones is 2. The summed E-state index contributed by atoms with van der Waals surface area (Å²) in [6.07, 6.45) is 10.3. The van der Waals surface area contributed by atoms with Crippen molar-refractivity contribution in [3.8, 4) is 0 Å². The van der Waals surface area contributed by atoms with Crippen molar-refractivity contribution in [2.45, 2.75) is 107 Å². The van der Waals surface area contributed by atoms with E-state index in [1.54, 1.807) is 13.8 Å². The van der Waals surface area contributed by atoms with E-state index in [1.165, 1.54) is 64.6 Å². The van der Waals surface area contributed by atoms with Gasteiger partial charge in [-0.2, -0.15) is 0 Å². The van der Waals surface area contributed by atoms with E-state index >= 15 is 0 Å². The summed E-state index contributed by atoms with van der Waals surface area (Å²) in [5.41, 5.74) is 0. The van der Waals surface area contributed by atoms with Crippen LogP contribution in [0.5, 0.6) is 0 Å². The van der Waals surface area contributed by atoms with Crippen LogP contribution in [-0.2, 0) is 14.5 Å². The molecule has 0 radical (unpaired) electrons. The third-order valence-corrected chi connectivity index (χ3v) is 5.36. The Balaban J connectivity index is -0.000000187. The number of hydrogen-bond donors (Lipinski definition) is 1. The second kappa shape index (κ2) is 30.3. The van der Waals surface area contributed by atoms with Crippen LogP contribution in [-0.4, -0.2) is 49.2 Å². The van der Waals surface area contributed by atoms with E-state index < -0.39 is 0 Å². The first kappa shape index (κ1) is 42.1. The topological polar surface area (TPSA) is 49.4 Å². The third kappa shape index (κ3) is 34.0. The fraction of sp³-hybridized carbons (Fsp3) is 0.920. The molecule has 0 aromatic heterocycles. The molecule has 8 heteroatoms. The first-order chi connectivity index (χ1) is 14.7. The zero-order valence-electron chi connectivity index (χ0n) is 20.4. The van der Waals surface area contributed by atoms with Crippen LogP contribution in [0.4, 0.5) is 0 Å². The van der Waals surface area contributed by atoms with Crippen LogP contribution in [0.3, 0.4) is 0 Å². The van der Waals surface area contributed by atoms with Gasteiger partial charge >= 0.3 is 64.9 Å². The second-order valence-electron chi connectivity index (χ2n) is 8.48. The van der Waals surface area contributed by atoms with Crippen LogP contribution in [0.15, 0.2) is 0 Å². The Morgan fingerprint density at radius 1 is 0.788 bits per heavy atom. The molecule has 0 aliphatic carbocycles. The summed E-state index contributed by atoms with van der Waals surface area (Å²) < 4.78 is 0. The number of carbonyl (C=O) groups is 2. The predicted octanol–water partition coefficient (Wildman–Crippen LogP) is 8.79. The van der Waals surface area contributed by atoms with Gasteiger partial charge in [-0.15, -0.1) is 0 Å². The van der Waals surface area contributed by atoms with Crippen LogP contribution in [0, 0.1) is 11.8 Å². The number of nitrogens with zero attached hydrogens (tertiary/aromatic N) is 1. The Morgan fingerprint density at radius 2 is 1.15 bits per heavy atom. The summed E-state index contributed by atoms with van der Waals surface area (Å²) in [5.74, 6) is 2.03. The minimum absolute atomic E-state index is 0. The van der Waals surface area contributed by atoms with Crippen LogP contribution >= 0.6 is 59.9 Å². The Hall–Kier alpha value is 2.03. The molecule has 2 aliphatic rings. The molecule has 0 saturated carbocycles. The molecule has 2 heterocycles. The van der Waals surface area contributed by atoms with Gasteiger partial charge < -0.3 is 19.8 Å². The molecule has 0 unspecified atom stereocenters. The van der Waals surface area contributed by atoms with Crippen molar-refractivity contribution in [1.29, 1.82) is 0 Å². The molecule has 202 valence electrons. The van der Waals surface area contributed by atoms with Crippen LogP contribution < -0.4 is 5.32 Å². The number of hydrogen-bond acceptors (Lipinski definition) is 4. The number of Topliss-reactive ketones (excluding diaryl/α,β-unsaturated/α-hetero) is 2. The van der Waals surface area contributed by atoms with Gasteiger partial charge in [-0.25, -0.2) is 0 Å². The number of rotatable bonds is 7. The molecule has 33 heavy (non-hydrogen) atoms. The van der Waals surface area contributed by atoms with Gasteiger partial charge in [0.25, 0.3) is 0 Å². The predicted molar refractivity (Wildman–Crippen MR) is 172 cm³/mol. The molecule has 0 bridgehead atoms. The zero-order valence-corrected chi connectivity index (χ0v) is 28.3. The number of halogens is 3. The summed E-state index contributed by atoms with van der Waals surface area (Å²) in [4.78, 5) is 23.8. The molecule has 0 aromatic carbocycles. The van der Waals surface area contributed by atoms with E-state index in [9.17, 15) is 9.59 Å². The normalized spacial score (nSPS) is 16.4. The number of likely N-dealkylation sites (tertiary alicyclic amines) is 1. The van der Waals surface area contributed by atoms with E-state index in [4.69, 9.17) is 0 Å². The molecule has 2 fully saturated rings. The second-order valence-corrected chi connectivity index (χ2v) is 43.9. The van der Waals surface area contributed by atoms with Gasteiger partial charge in [0.1, 0.15) is 11.6 Å². The SMILES string of the molecule is C.C.CC(=O)CC1CCNCC1.CCCC.CCCN1CCC(CC(C)=O)CC1.[I][V]([I])[I]. The van der Waals surface area contributed by atoms with Crippen molar-refractivity contribution in [3.05, 3.63) is 0 Å². The average molecular weight is 846 g/mol. The Morgan fingerprint density at radius 3 is 1.45 bits per heavy atom. The molecule has 0 amide bonds. The number of unbranched alkanes of at least 4 members (excludes halogenated alkanes) is 1. The van der Waals surface area contributed by atoms with Crippen LogP contribution in [0.25, 0.3) is 0 Å². The Labute approximate surface area is 245 Å². The maximum atomic E-state index is 10.9. The summed E-state index contributed by atoms with van der Waals surface area (Å²) >= 11 is 7.39. The van der Waals surface area contributed by atoms with Gasteiger partial charge in [-0.1, -0.05) is 48.5 Å². The van der Waals surface area contributed by atoms with E-state index in [0.717, 1.165) is 25.9 Å². The standard InChI is InChI=1S/C11H21NO.C8H15NO.C4H10.2CH4.3HI.V/c1-3-6-12-7-4-11(5-8-12)9-10(2)13;1-7(10)6-8-2-4-9-5-3-8;1-3-4-2;;;;;;/h11H,3-9H2,1-2H3;8-9H,2-6H2,1H3;3-4H2,1-2H3;2*1H4;3*1H;/q;;;;;;;;+3/p-3. The van der Waals surface area contributed by atoms with Gasteiger partial charge in [-0.05, 0) is 90.5 Å². The van der Waals surface area contributed by atoms with Gasteiger partial charge in [0.05, 0.1) is 0 Å². The van der Waals surface area contributed by atoms with Gasteiger partial charge in [0.15, 0.2) is 0 Å². The van der Waals surface area contributed by atoms with Gasteiger partial charge in [0.2, 0.25) is 0 Å². The van der Waals surface area contributed by atoms with E-state index in [2.05, 4.69) is 90.9 Å². The Bertz CT molecular complexity index is 425. The van der Waals surface area contributed by atoms with Crippen molar-refractivity contribution in [2.24, 2.45) is 11.8 Å². The fourth-order valence-corrected chi connectivity index (χ4v) is 3.63. The first-order valence-corrected chi connectivity index (χ1v) is 25.4. The minimum atomic E-state index is -0.278. The van der Waals surface area contributed by atoms with E-state index in [-0.39, 0.29) is 19.8 Å². The molecule has 2 saturated heterocycles. The summed E-state index contributed by atoms with van der Waals surface area (Å²) in [7, 11) is 0. The van der Waals surface area contributed by atoms with E-state index in [0.29, 0.717) is 23.4 Å². The van der Waals surface area contributed by atoms with Crippen molar-refractivity contribution in [1.82, 2.24) is 10.2 Å². The molecular weight excluding hydrogens is 792 g/mol. The van der Waals surface area contributed by atoms with Crippen molar-refractivity contribution in [3.63, 3.8) is 0 Å². The molecule has 4 nitrogen and oxygen atoms in total. The summed E-state index contributed by atoms with van der Waals surface area (Å²) in [6, 6.07) is 0. The zero-order chi connectivity index (χ0) is 24.1. The van der Waals surface area contributed by atoms with Gasteiger partial charge in [0, 0.05) is 12.8 Å². The molecule has 1 N–H and O–H groups in total. The first-order valence-electron chi connectivity index (χ1n) is 11.8. The van der Waals surface area contributed by atoms with E-state index in [1.807, 2.05) is 0 Å².